The first kappa shape index (κ1) is 28.5. The highest BCUT2D eigenvalue weighted by atomic mass is 14.7. The number of fused-ring (bicyclic) bond motifs is 4. The minimum absolute atomic E-state index is 0.720. The summed E-state index contributed by atoms with van der Waals surface area (Å²) in [4.78, 5) is 14.7. The van der Waals surface area contributed by atoms with E-state index in [0.29, 0.717) is 0 Å². The van der Waals surface area contributed by atoms with E-state index in [1.807, 2.05) is 24.5 Å². The van der Waals surface area contributed by atoms with Crippen molar-refractivity contribution in [3.05, 3.63) is 158 Å². The summed E-state index contributed by atoms with van der Waals surface area (Å²) in [6.45, 7) is 4.87. The zero-order chi connectivity index (χ0) is 31.7. The smallest absolute Gasteiger partial charge is 0.0714 e. The molecule has 2 heterocycles. The van der Waals surface area contributed by atoms with Crippen LogP contribution in [0.25, 0.3) is 76.7 Å². The fourth-order valence-corrected chi connectivity index (χ4v) is 7.17. The van der Waals surface area contributed by atoms with Crippen molar-refractivity contribution < 1.29 is 0 Å². The molecule has 0 amide bonds. The van der Waals surface area contributed by atoms with E-state index >= 15 is 0 Å². The molecule has 3 heteroatoms. The molecule has 3 nitrogen and oxygen atoms in total. The van der Waals surface area contributed by atoms with Crippen LogP contribution in [0.15, 0.2) is 157 Å². The molecule has 0 saturated heterocycles. The summed E-state index contributed by atoms with van der Waals surface area (Å²) in [5.41, 5.74) is 8.76. The summed E-state index contributed by atoms with van der Waals surface area (Å²) >= 11 is 0. The van der Waals surface area contributed by atoms with Gasteiger partial charge in [0.2, 0.25) is 0 Å². The molecule has 0 aliphatic heterocycles. The van der Waals surface area contributed by atoms with Crippen LogP contribution in [0, 0.1) is 0 Å². The summed E-state index contributed by atoms with van der Waals surface area (Å²) < 4.78 is 0. The molecule has 6 aromatic carbocycles. The Bertz CT molecular complexity index is 2440. The van der Waals surface area contributed by atoms with E-state index in [2.05, 4.69) is 141 Å². The molecule has 0 aliphatic carbocycles. The maximum Gasteiger partial charge on any atom is 0.0714 e. The SMILES string of the molecule is C/C=C\C(=NCC)c1c2ccccc2c(-c2ccc3c(-c4ccccn4)c4ccccc4c(-c4ccccn4)c3c2)c2ccccc12. The highest BCUT2D eigenvalue weighted by Crippen LogP contribution is 2.46. The Hall–Kier alpha value is -5.93. The lowest BCUT2D eigenvalue weighted by Gasteiger charge is -2.20. The van der Waals surface area contributed by atoms with Gasteiger partial charge in [-0.3, -0.25) is 15.0 Å². The van der Waals surface area contributed by atoms with Crippen LogP contribution in [-0.2, 0) is 0 Å². The number of aromatic nitrogens is 2. The Labute approximate surface area is 274 Å². The van der Waals surface area contributed by atoms with Gasteiger partial charge in [-0.25, -0.2) is 0 Å². The monoisotopic (exact) mass is 603 g/mol. The maximum atomic E-state index is 4.96. The molecule has 224 valence electrons. The zero-order valence-corrected chi connectivity index (χ0v) is 26.5. The molecule has 0 spiro atoms. The zero-order valence-electron chi connectivity index (χ0n) is 26.5. The van der Waals surface area contributed by atoms with Gasteiger partial charge in [0.05, 0.1) is 17.1 Å². The van der Waals surface area contributed by atoms with Gasteiger partial charge in [-0.2, -0.15) is 0 Å². The third-order valence-electron chi connectivity index (χ3n) is 9.00. The number of hydrogen-bond donors (Lipinski definition) is 0. The van der Waals surface area contributed by atoms with Gasteiger partial charge in [0.1, 0.15) is 0 Å². The molecule has 0 saturated carbocycles. The van der Waals surface area contributed by atoms with E-state index < -0.39 is 0 Å². The van der Waals surface area contributed by atoms with Crippen molar-refractivity contribution >= 4 is 48.8 Å². The van der Waals surface area contributed by atoms with Gasteiger partial charge >= 0.3 is 0 Å². The summed E-state index contributed by atoms with van der Waals surface area (Å²) in [5, 5.41) is 9.45. The van der Waals surface area contributed by atoms with Crippen molar-refractivity contribution in [2.75, 3.05) is 6.54 Å². The molecule has 0 radical (unpaired) electrons. The number of benzene rings is 6. The highest BCUT2D eigenvalue weighted by Gasteiger charge is 2.21. The van der Waals surface area contributed by atoms with E-state index in [-0.39, 0.29) is 0 Å². The summed E-state index contributed by atoms with van der Waals surface area (Å²) in [7, 11) is 0. The Kier molecular flexibility index (Phi) is 7.35. The molecule has 2 aromatic heterocycles. The maximum absolute atomic E-state index is 4.96. The molecular weight excluding hydrogens is 571 g/mol. The number of pyridine rings is 2. The van der Waals surface area contributed by atoms with Crippen molar-refractivity contribution in [1.82, 2.24) is 9.97 Å². The van der Waals surface area contributed by atoms with Crippen LogP contribution in [-0.4, -0.2) is 22.2 Å². The van der Waals surface area contributed by atoms with Gasteiger partial charge in [-0.1, -0.05) is 103 Å². The third kappa shape index (κ3) is 4.79. The molecule has 0 unspecified atom stereocenters. The fraction of sp³-hybridized carbons (Fsp3) is 0.0682. The van der Waals surface area contributed by atoms with Crippen molar-refractivity contribution in [1.29, 1.82) is 0 Å². The lowest BCUT2D eigenvalue weighted by Crippen LogP contribution is -2.02. The van der Waals surface area contributed by atoms with Crippen molar-refractivity contribution in [2.24, 2.45) is 4.99 Å². The Morgan fingerprint density at radius 1 is 0.532 bits per heavy atom. The van der Waals surface area contributed by atoms with Gasteiger partial charge in [0.25, 0.3) is 0 Å². The van der Waals surface area contributed by atoms with Crippen LogP contribution >= 0.6 is 0 Å². The molecule has 0 N–H and O–H groups in total. The van der Waals surface area contributed by atoms with Crippen molar-refractivity contribution in [2.45, 2.75) is 13.8 Å². The van der Waals surface area contributed by atoms with Crippen LogP contribution in [0.4, 0.5) is 0 Å². The quantitative estimate of drug-likeness (QED) is 0.140. The fourth-order valence-electron chi connectivity index (χ4n) is 7.17. The number of allylic oxidation sites excluding steroid dienone is 2. The first-order valence-corrected chi connectivity index (χ1v) is 16.2. The minimum Gasteiger partial charge on any atom is -0.285 e. The molecule has 0 aliphatic rings. The summed E-state index contributed by atoms with van der Waals surface area (Å²) in [6.07, 6.45) is 7.97. The number of nitrogens with zero attached hydrogens (tertiary/aromatic N) is 3. The average Bonchev–Trinajstić information content (AvgIpc) is 3.13. The molecular formula is C44H33N3. The standard InChI is InChI=1S/C44H33N3/c1-3-15-38(45-4-2)42-32-18-7-5-16-30(32)41(31-17-6-8-19-33(31)42)29-24-25-36-37(28-29)44(40-23-12-14-27-47-40)35-21-10-9-20-34(35)43(36)39-22-11-13-26-46-39/h3,5-28H,4H2,1-2H3/b15-3-,45-38?. The molecule has 8 rings (SSSR count). The van der Waals surface area contributed by atoms with Crippen molar-refractivity contribution in [3.8, 4) is 33.6 Å². The number of hydrogen-bond acceptors (Lipinski definition) is 3. The normalized spacial score (nSPS) is 12.2. The van der Waals surface area contributed by atoms with Gasteiger partial charge in [0, 0.05) is 35.6 Å². The van der Waals surface area contributed by atoms with Crippen LogP contribution in [0.1, 0.15) is 19.4 Å². The molecule has 47 heavy (non-hydrogen) atoms. The van der Waals surface area contributed by atoms with Gasteiger partial charge < -0.3 is 0 Å². The second kappa shape index (κ2) is 12.1. The topological polar surface area (TPSA) is 38.1 Å². The lowest BCUT2D eigenvalue weighted by molar-refractivity contribution is 1.13. The van der Waals surface area contributed by atoms with E-state index in [0.717, 1.165) is 56.5 Å². The number of rotatable bonds is 6. The van der Waals surface area contributed by atoms with E-state index in [1.165, 1.54) is 38.1 Å². The molecule has 8 aromatic rings. The Balaban J connectivity index is 1.53. The summed E-state index contributed by atoms with van der Waals surface area (Å²) in [5.74, 6) is 0. The average molecular weight is 604 g/mol. The van der Waals surface area contributed by atoms with E-state index in [9.17, 15) is 0 Å². The molecule has 0 atom stereocenters. The second-order valence-electron chi connectivity index (χ2n) is 11.7. The second-order valence-corrected chi connectivity index (χ2v) is 11.7. The Morgan fingerprint density at radius 3 is 1.49 bits per heavy atom. The van der Waals surface area contributed by atoms with Gasteiger partial charge in [0.15, 0.2) is 0 Å². The largest absolute Gasteiger partial charge is 0.285 e. The van der Waals surface area contributed by atoms with Crippen LogP contribution < -0.4 is 0 Å². The van der Waals surface area contributed by atoms with Crippen LogP contribution in [0.5, 0.6) is 0 Å². The Morgan fingerprint density at radius 2 is 1.00 bits per heavy atom. The van der Waals surface area contributed by atoms with E-state index in [4.69, 9.17) is 15.0 Å². The predicted molar refractivity (Wildman–Crippen MR) is 200 cm³/mol. The summed E-state index contributed by atoms with van der Waals surface area (Å²) in [6, 6.07) is 45.4. The van der Waals surface area contributed by atoms with Crippen molar-refractivity contribution in [3.63, 3.8) is 0 Å². The molecule has 0 fully saturated rings. The molecule has 0 bridgehead atoms. The van der Waals surface area contributed by atoms with E-state index in [1.54, 1.807) is 0 Å². The predicted octanol–water partition coefficient (Wildman–Crippen LogP) is 11.5. The number of aliphatic imine (C=N–C) groups is 1. The third-order valence-corrected chi connectivity index (χ3v) is 9.00. The first-order chi connectivity index (χ1) is 23.3. The lowest BCUT2D eigenvalue weighted by atomic mass is 9.84. The van der Waals surface area contributed by atoms with Gasteiger partial charge in [-0.15, -0.1) is 0 Å². The highest BCUT2D eigenvalue weighted by molar-refractivity contribution is 6.29. The minimum atomic E-state index is 0.720. The van der Waals surface area contributed by atoms with Gasteiger partial charge in [-0.05, 0) is 104 Å². The van der Waals surface area contributed by atoms with Crippen LogP contribution in [0.2, 0.25) is 0 Å². The van der Waals surface area contributed by atoms with Crippen LogP contribution in [0.3, 0.4) is 0 Å². The first-order valence-electron chi connectivity index (χ1n) is 16.2.